The van der Waals surface area contributed by atoms with Gasteiger partial charge in [0.05, 0.1) is 25.9 Å². The van der Waals surface area contributed by atoms with E-state index in [1.54, 1.807) is 0 Å². The molecule has 3 rings (SSSR count). The van der Waals surface area contributed by atoms with E-state index in [9.17, 15) is 0 Å². The zero-order chi connectivity index (χ0) is 13.1. The molecule has 0 N–H and O–H groups in total. The second-order valence-corrected chi connectivity index (χ2v) is 5.68. The summed E-state index contributed by atoms with van der Waals surface area (Å²) in [6, 6.07) is 7.83. The molecular weight excluding hydrogens is 264 g/mol. The molecule has 0 bridgehead atoms. The molecule has 1 aromatic carbocycles. The van der Waals surface area contributed by atoms with Gasteiger partial charge in [0, 0.05) is 17.9 Å². The molecule has 104 valence electrons. The van der Waals surface area contributed by atoms with E-state index in [-0.39, 0.29) is 5.79 Å². The Morgan fingerprint density at radius 2 is 1.95 bits per heavy atom. The highest BCUT2D eigenvalue weighted by Gasteiger charge is 2.40. The van der Waals surface area contributed by atoms with Gasteiger partial charge in [0.2, 0.25) is 0 Å². The fourth-order valence-corrected chi connectivity index (χ4v) is 3.04. The lowest BCUT2D eigenvalue weighted by Crippen LogP contribution is -2.37. The molecule has 1 saturated heterocycles. The van der Waals surface area contributed by atoms with Crippen molar-refractivity contribution in [2.75, 3.05) is 13.2 Å². The van der Waals surface area contributed by atoms with E-state index < -0.39 is 0 Å². The highest BCUT2D eigenvalue weighted by atomic mass is 35.5. The lowest BCUT2D eigenvalue weighted by atomic mass is 9.92. The third-order valence-corrected chi connectivity index (χ3v) is 4.12. The Hall–Kier alpha value is -0.610. The molecule has 3 nitrogen and oxygen atoms in total. The lowest BCUT2D eigenvalue weighted by molar-refractivity contribution is -0.192. The van der Waals surface area contributed by atoms with Crippen molar-refractivity contribution in [1.29, 1.82) is 0 Å². The fourth-order valence-electron chi connectivity index (χ4n) is 2.82. The minimum absolute atomic E-state index is 0.296. The minimum Gasteiger partial charge on any atom is -0.374 e. The zero-order valence-corrected chi connectivity index (χ0v) is 11.7. The summed E-state index contributed by atoms with van der Waals surface area (Å²) in [6.45, 7) is 2.09. The van der Waals surface area contributed by atoms with Gasteiger partial charge in [-0.3, -0.25) is 0 Å². The van der Waals surface area contributed by atoms with Crippen molar-refractivity contribution < 1.29 is 14.2 Å². The average Bonchev–Trinajstić information content (AvgIpc) is 2.87. The van der Waals surface area contributed by atoms with E-state index in [1.807, 2.05) is 24.3 Å². The van der Waals surface area contributed by atoms with Crippen LogP contribution in [0.2, 0.25) is 5.02 Å². The van der Waals surface area contributed by atoms with Crippen LogP contribution in [0, 0.1) is 0 Å². The smallest absolute Gasteiger partial charge is 0.168 e. The topological polar surface area (TPSA) is 27.7 Å². The van der Waals surface area contributed by atoms with Crippen molar-refractivity contribution in [3.63, 3.8) is 0 Å². The van der Waals surface area contributed by atoms with Crippen LogP contribution in [0.25, 0.3) is 0 Å². The van der Waals surface area contributed by atoms with Crippen LogP contribution in [0.1, 0.15) is 31.2 Å². The molecule has 2 fully saturated rings. The molecule has 0 amide bonds. The molecule has 0 radical (unpaired) electrons. The maximum atomic E-state index is 5.96. The van der Waals surface area contributed by atoms with Crippen LogP contribution >= 0.6 is 11.6 Å². The molecule has 2 aliphatic rings. The van der Waals surface area contributed by atoms with Crippen molar-refractivity contribution in [2.45, 2.75) is 44.2 Å². The van der Waals surface area contributed by atoms with Gasteiger partial charge < -0.3 is 14.2 Å². The average molecular weight is 283 g/mol. The van der Waals surface area contributed by atoms with Crippen molar-refractivity contribution >= 4 is 11.6 Å². The highest BCUT2D eigenvalue weighted by molar-refractivity contribution is 6.30. The summed E-state index contributed by atoms with van der Waals surface area (Å²) in [4.78, 5) is 0. The molecule has 1 saturated carbocycles. The van der Waals surface area contributed by atoms with Crippen LogP contribution in [0.15, 0.2) is 24.3 Å². The Morgan fingerprint density at radius 3 is 2.63 bits per heavy atom. The molecule has 0 atom stereocenters. The molecule has 19 heavy (non-hydrogen) atoms. The third-order valence-electron chi connectivity index (χ3n) is 3.88. The van der Waals surface area contributed by atoms with Crippen molar-refractivity contribution in [3.05, 3.63) is 34.9 Å². The van der Waals surface area contributed by atoms with E-state index >= 15 is 0 Å². The standard InChI is InChI=1S/C15H19ClO3/c16-13-3-1-2-12(10-13)11-17-14-4-6-15(7-5-14)18-8-9-19-15/h1-3,10,14H,4-9,11H2. The number of rotatable bonds is 3. The van der Waals surface area contributed by atoms with Gasteiger partial charge in [-0.05, 0) is 30.5 Å². The maximum Gasteiger partial charge on any atom is 0.168 e. The Kier molecular flexibility index (Phi) is 4.08. The monoisotopic (exact) mass is 282 g/mol. The van der Waals surface area contributed by atoms with E-state index in [2.05, 4.69) is 0 Å². The Labute approximate surface area is 118 Å². The number of hydrogen-bond acceptors (Lipinski definition) is 3. The van der Waals surface area contributed by atoms with Gasteiger partial charge in [0.25, 0.3) is 0 Å². The quantitative estimate of drug-likeness (QED) is 0.849. The number of benzene rings is 1. The fraction of sp³-hybridized carbons (Fsp3) is 0.600. The molecule has 4 heteroatoms. The summed E-state index contributed by atoms with van der Waals surface area (Å²) in [5, 5.41) is 0.761. The van der Waals surface area contributed by atoms with E-state index in [0.717, 1.165) is 49.5 Å². The van der Waals surface area contributed by atoms with Crippen LogP contribution in [0.5, 0.6) is 0 Å². The van der Waals surface area contributed by atoms with Gasteiger partial charge in [0.15, 0.2) is 5.79 Å². The molecule has 1 spiro atoms. The van der Waals surface area contributed by atoms with Gasteiger partial charge in [0.1, 0.15) is 0 Å². The molecular formula is C15H19ClO3. The summed E-state index contributed by atoms with van der Waals surface area (Å²) < 4.78 is 17.4. The van der Waals surface area contributed by atoms with Gasteiger partial charge >= 0.3 is 0 Å². The predicted molar refractivity (Wildman–Crippen MR) is 73.1 cm³/mol. The molecule has 1 aliphatic heterocycles. The Morgan fingerprint density at radius 1 is 1.21 bits per heavy atom. The number of hydrogen-bond donors (Lipinski definition) is 0. The van der Waals surface area contributed by atoms with Gasteiger partial charge in [-0.2, -0.15) is 0 Å². The van der Waals surface area contributed by atoms with Gasteiger partial charge in [-0.15, -0.1) is 0 Å². The predicted octanol–water partition coefficient (Wildman–Crippen LogP) is 3.54. The minimum atomic E-state index is -0.296. The highest BCUT2D eigenvalue weighted by Crippen LogP contribution is 2.36. The van der Waals surface area contributed by atoms with E-state index in [1.165, 1.54) is 0 Å². The third kappa shape index (κ3) is 3.29. The van der Waals surface area contributed by atoms with Crippen LogP contribution in [0.4, 0.5) is 0 Å². The first kappa shape index (κ1) is 13.4. The van der Waals surface area contributed by atoms with Crippen molar-refractivity contribution in [1.82, 2.24) is 0 Å². The van der Waals surface area contributed by atoms with Crippen LogP contribution in [0.3, 0.4) is 0 Å². The first-order valence-electron chi connectivity index (χ1n) is 6.90. The van der Waals surface area contributed by atoms with Crippen LogP contribution in [-0.4, -0.2) is 25.1 Å². The summed E-state index contributed by atoms with van der Waals surface area (Å²) in [7, 11) is 0. The molecule has 1 aromatic rings. The summed E-state index contributed by atoms with van der Waals surface area (Å²) in [5.41, 5.74) is 1.13. The second kappa shape index (κ2) is 5.80. The summed E-state index contributed by atoms with van der Waals surface area (Å²) in [6.07, 6.45) is 4.18. The second-order valence-electron chi connectivity index (χ2n) is 5.25. The first-order valence-corrected chi connectivity index (χ1v) is 7.28. The van der Waals surface area contributed by atoms with Crippen molar-refractivity contribution in [3.8, 4) is 0 Å². The van der Waals surface area contributed by atoms with Crippen LogP contribution < -0.4 is 0 Å². The largest absolute Gasteiger partial charge is 0.374 e. The zero-order valence-electron chi connectivity index (χ0n) is 10.9. The molecule has 1 aliphatic carbocycles. The molecule has 0 unspecified atom stereocenters. The van der Waals surface area contributed by atoms with Crippen LogP contribution in [-0.2, 0) is 20.8 Å². The number of halogens is 1. The maximum absolute atomic E-state index is 5.96. The number of ether oxygens (including phenoxy) is 3. The summed E-state index contributed by atoms with van der Waals surface area (Å²) in [5.74, 6) is -0.296. The molecule has 1 heterocycles. The SMILES string of the molecule is Clc1cccc(COC2CCC3(CC2)OCCO3)c1. The summed E-state index contributed by atoms with van der Waals surface area (Å²) >= 11 is 5.96. The Balaban J connectivity index is 1.47. The van der Waals surface area contributed by atoms with Gasteiger partial charge in [-0.25, -0.2) is 0 Å². The van der Waals surface area contributed by atoms with E-state index in [4.69, 9.17) is 25.8 Å². The normalized spacial score (nSPS) is 23.0. The van der Waals surface area contributed by atoms with E-state index in [0.29, 0.717) is 12.7 Å². The Bertz CT molecular complexity index is 419. The molecule has 0 aromatic heterocycles. The van der Waals surface area contributed by atoms with Gasteiger partial charge in [-0.1, -0.05) is 23.7 Å². The lowest BCUT2D eigenvalue weighted by Gasteiger charge is -2.35. The van der Waals surface area contributed by atoms with Crippen molar-refractivity contribution in [2.24, 2.45) is 0 Å². The first-order chi connectivity index (χ1) is 9.26.